The minimum absolute atomic E-state index is 0.0687. The first-order valence-electron chi connectivity index (χ1n) is 10.3. The summed E-state index contributed by atoms with van der Waals surface area (Å²) in [5, 5.41) is 32.5. The van der Waals surface area contributed by atoms with Gasteiger partial charge in [-0.2, -0.15) is 10.5 Å². The second-order valence-corrected chi connectivity index (χ2v) is 7.82. The van der Waals surface area contributed by atoms with E-state index >= 15 is 0 Å². The number of aromatic nitrogens is 2. The topological polar surface area (TPSA) is 169 Å². The maximum Gasteiger partial charge on any atom is 0.309 e. The molecule has 2 aliphatic rings. The largest absolute Gasteiger partial charge is 0.412 e. The van der Waals surface area contributed by atoms with Crippen molar-refractivity contribution in [2.75, 3.05) is 13.1 Å². The zero-order chi connectivity index (χ0) is 22.5. The minimum atomic E-state index is -0.489. The Hall–Kier alpha value is -4.09. The third kappa shape index (κ3) is 4.63. The van der Waals surface area contributed by atoms with Crippen LogP contribution in [0.2, 0.25) is 0 Å². The van der Waals surface area contributed by atoms with E-state index in [0.29, 0.717) is 36.6 Å². The van der Waals surface area contributed by atoms with Gasteiger partial charge in [-0.05, 0) is 42.9 Å². The van der Waals surface area contributed by atoms with E-state index < -0.39 is 5.91 Å². The van der Waals surface area contributed by atoms with E-state index in [9.17, 15) is 15.3 Å². The predicted molar refractivity (Wildman–Crippen MR) is 113 cm³/mol. The Morgan fingerprint density at radius 2 is 2.16 bits per heavy atom. The predicted octanol–water partition coefficient (Wildman–Crippen LogP) is 0.664. The molecular weight excluding hydrogens is 410 g/mol. The molecule has 1 aromatic carbocycles. The van der Waals surface area contributed by atoms with Crippen LogP contribution in [0.25, 0.3) is 11.5 Å². The summed E-state index contributed by atoms with van der Waals surface area (Å²) in [5.41, 5.74) is 4.63. The van der Waals surface area contributed by atoms with Gasteiger partial charge in [-0.3, -0.25) is 10.6 Å². The van der Waals surface area contributed by atoms with Crippen molar-refractivity contribution in [2.45, 2.75) is 37.3 Å². The van der Waals surface area contributed by atoms with Crippen molar-refractivity contribution < 1.29 is 9.21 Å². The number of likely N-dealkylation sites (tertiary alicyclic amines) is 1. The molecule has 0 bridgehead atoms. The number of nitriles is 2. The summed E-state index contributed by atoms with van der Waals surface area (Å²) in [5.74, 6) is 5.17. The molecule has 32 heavy (non-hydrogen) atoms. The summed E-state index contributed by atoms with van der Waals surface area (Å²) in [4.78, 5) is 14.3. The van der Waals surface area contributed by atoms with Crippen LogP contribution in [0.5, 0.6) is 0 Å². The molecule has 4 rings (SSSR count). The van der Waals surface area contributed by atoms with Crippen LogP contribution in [0.4, 0.5) is 0 Å². The molecule has 2 aromatic rings. The molecule has 1 amide bonds. The van der Waals surface area contributed by atoms with E-state index in [2.05, 4.69) is 38.5 Å². The number of benzene rings is 1. The second kappa shape index (κ2) is 9.37. The lowest BCUT2D eigenvalue weighted by Gasteiger charge is -2.17. The maximum absolute atomic E-state index is 12.7. The van der Waals surface area contributed by atoms with Gasteiger partial charge in [-0.25, -0.2) is 0 Å². The maximum atomic E-state index is 12.7. The number of carbonyl (C=O) groups is 1. The highest BCUT2D eigenvalue weighted by Gasteiger charge is 2.33. The highest BCUT2D eigenvalue weighted by Crippen LogP contribution is 2.44. The number of nitrogens with two attached hydrogens (primary N) is 1. The van der Waals surface area contributed by atoms with Crippen LogP contribution in [0.3, 0.4) is 0 Å². The normalized spacial score (nSPS) is 20.0. The van der Waals surface area contributed by atoms with E-state index in [1.54, 1.807) is 29.4 Å². The van der Waals surface area contributed by atoms with Gasteiger partial charge >= 0.3 is 11.8 Å². The molecule has 1 aromatic heterocycles. The number of amides is 1. The van der Waals surface area contributed by atoms with Crippen LogP contribution in [0.1, 0.15) is 47.0 Å². The number of carbonyl (C=O) groups excluding carboxylic acids is 1. The summed E-state index contributed by atoms with van der Waals surface area (Å²) < 4.78 is 5.67. The molecule has 1 saturated heterocycles. The molecule has 0 spiro atoms. The lowest BCUT2D eigenvalue weighted by atomic mass is 10.0. The highest BCUT2D eigenvalue weighted by atomic mass is 16.4. The number of rotatable bonds is 8. The average molecular weight is 433 g/mol. The fourth-order valence-electron chi connectivity index (χ4n) is 3.88. The summed E-state index contributed by atoms with van der Waals surface area (Å²) in [6, 6.07) is 7.22. The number of hydrogen-bond acceptors (Lipinski definition) is 10. The SMILES string of the molecule is N#Cc1ccc(C2CC2)c(-c2nnc(C(=O)NC3C[C@@H](CN/C=C\NN)N(C#N)C3)o2)c1. The van der Waals surface area contributed by atoms with Crippen LogP contribution in [0.15, 0.2) is 35.0 Å². The van der Waals surface area contributed by atoms with E-state index in [4.69, 9.17) is 10.3 Å². The van der Waals surface area contributed by atoms with Gasteiger partial charge in [-0.1, -0.05) is 6.07 Å². The molecule has 1 aliphatic carbocycles. The standard InChI is InChI=1S/C21H23N9O2/c22-9-13-1-4-17(14-2-3-14)18(7-13)20-28-29-21(32-20)19(31)27-15-8-16(30(11-15)12-23)10-25-5-6-26-24/h1,4-7,14-16,25-26H,2-3,8,10-11,24H2,(H,27,31)/b6-5-/t15?,16-/m0/s1. The van der Waals surface area contributed by atoms with Gasteiger partial charge < -0.3 is 25.4 Å². The monoisotopic (exact) mass is 433 g/mol. The number of nitrogens with zero attached hydrogens (tertiary/aromatic N) is 5. The van der Waals surface area contributed by atoms with E-state index in [1.807, 2.05) is 6.07 Å². The van der Waals surface area contributed by atoms with E-state index in [1.165, 1.54) is 0 Å². The quantitative estimate of drug-likeness (QED) is 0.263. The highest BCUT2D eigenvalue weighted by molar-refractivity contribution is 5.90. The molecule has 164 valence electrons. The molecule has 2 heterocycles. The van der Waals surface area contributed by atoms with Crippen molar-refractivity contribution in [1.82, 2.24) is 31.2 Å². The lowest BCUT2D eigenvalue weighted by Crippen LogP contribution is -2.36. The van der Waals surface area contributed by atoms with Crippen LogP contribution >= 0.6 is 0 Å². The molecule has 2 fully saturated rings. The number of nitrogens with one attached hydrogen (secondary N) is 3. The first kappa shape index (κ1) is 21.2. The molecule has 11 nitrogen and oxygen atoms in total. The summed E-state index contributed by atoms with van der Waals surface area (Å²) in [6.07, 6.45) is 8.09. The lowest BCUT2D eigenvalue weighted by molar-refractivity contribution is 0.0904. The van der Waals surface area contributed by atoms with Gasteiger partial charge in [0.15, 0.2) is 6.19 Å². The molecule has 11 heteroatoms. The van der Waals surface area contributed by atoms with Crippen molar-refractivity contribution >= 4 is 5.91 Å². The average Bonchev–Trinajstić information content (AvgIpc) is 3.40. The van der Waals surface area contributed by atoms with Crippen LogP contribution < -0.4 is 21.9 Å². The third-order valence-corrected chi connectivity index (χ3v) is 5.58. The van der Waals surface area contributed by atoms with Crippen molar-refractivity contribution in [3.63, 3.8) is 0 Å². The molecule has 1 aliphatic heterocycles. The molecule has 5 N–H and O–H groups in total. The van der Waals surface area contributed by atoms with Crippen molar-refractivity contribution in [3.05, 3.63) is 47.6 Å². The van der Waals surface area contributed by atoms with Gasteiger partial charge in [0.05, 0.1) is 17.7 Å². The Morgan fingerprint density at radius 3 is 2.88 bits per heavy atom. The molecule has 2 atom stereocenters. The van der Waals surface area contributed by atoms with Gasteiger partial charge in [0.25, 0.3) is 0 Å². The Kier molecular flexibility index (Phi) is 6.19. The zero-order valence-electron chi connectivity index (χ0n) is 17.3. The Balaban J connectivity index is 1.42. The van der Waals surface area contributed by atoms with Gasteiger partial charge in [0.1, 0.15) is 0 Å². The molecule has 0 radical (unpaired) electrons. The van der Waals surface area contributed by atoms with E-state index in [-0.39, 0.29) is 23.9 Å². The van der Waals surface area contributed by atoms with Crippen molar-refractivity contribution in [1.29, 1.82) is 10.5 Å². The van der Waals surface area contributed by atoms with Gasteiger partial charge in [-0.15, -0.1) is 10.2 Å². The van der Waals surface area contributed by atoms with Gasteiger partial charge in [0, 0.05) is 37.1 Å². The molecule has 1 saturated carbocycles. The molecule has 1 unspecified atom stereocenters. The summed E-state index contributed by atoms with van der Waals surface area (Å²) >= 11 is 0. The van der Waals surface area contributed by atoms with Crippen molar-refractivity contribution in [2.24, 2.45) is 5.84 Å². The van der Waals surface area contributed by atoms with E-state index in [0.717, 1.165) is 18.4 Å². The summed E-state index contributed by atoms with van der Waals surface area (Å²) in [7, 11) is 0. The van der Waals surface area contributed by atoms with Crippen LogP contribution in [-0.2, 0) is 0 Å². The Morgan fingerprint density at radius 1 is 1.31 bits per heavy atom. The van der Waals surface area contributed by atoms with Gasteiger partial charge in [0.2, 0.25) is 5.89 Å². The van der Waals surface area contributed by atoms with Crippen LogP contribution in [-0.4, -0.2) is 46.2 Å². The fourth-order valence-corrected chi connectivity index (χ4v) is 3.88. The fraction of sp³-hybridized carbons (Fsp3) is 0.381. The Labute approximate surface area is 184 Å². The summed E-state index contributed by atoms with van der Waals surface area (Å²) in [6.45, 7) is 0.923. The zero-order valence-corrected chi connectivity index (χ0v) is 17.3. The Bertz CT molecular complexity index is 1090. The first-order chi connectivity index (χ1) is 15.6. The smallest absolute Gasteiger partial charge is 0.309 e. The van der Waals surface area contributed by atoms with Crippen molar-refractivity contribution in [3.8, 4) is 23.7 Å². The number of hydrogen-bond donors (Lipinski definition) is 4. The van der Waals surface area contributed by atoms with Crippen LogP contribution in [0, 0.1) is 22.8 Å². The third-order valence-electron chi connectivity index (χ3n) is 5.58. The second-order valence-electron chi connectivity index (χ2n) is 7.82. The first-order valence-corrected chi connectivity index (χ1v) is 10.3. The molecular formula is C21H23N9O2. The number of hydrazine groups is 1. The minimum Gasteiger partial charge on any atom is -0.412 e.